The number of amides is 1. The maximum Gasteiger partial charge on any atom is 0.270 e. The Balaban J connectivity index is 2.32. The van der Waals surface area contributed by atoms with Gasteiger partial charge in [-0.2, -0.15) is 0 Å². The number of hydrogen-bond acceptors (Lipinski definition) is 3. The van der Waals surface area contributed by atoms with Gasteiger partial charge in [-0.3, -0.25) is 14.9 Å². The third kappa shape index (κ3) is 4.04. The molecule has 2 aromatic carbocycles. The second-order valence-corrected chi connectivity index (χ2v) is 6.76. The van der Waals surface area contributed by atoms with Crippen molar-refractivity contribution in [2.75, 3.05) is 5.32 Å². The Bertz CT molecular complexity index is 737. The van der Waals surface area contributed by atoms with Gasteiger partial charge < -0.3 is 5.32 Å². The van der Waals surface area contributed by atoms with Crippen LogP contribution in [0.15, 0.2) is 36.4 Å². The van der Waals surface area contributed by atoms with Gasteiger partial charge in [0.1, 0.15) is 0 Å². The number of benzene rings is 2. The minimum Gasteiger partial charge on any atom is -0.321 e. The molecule has 5 nitrogen and oxygen atoms in total. The molecule has 0 aliphatic heterocycles. The molecule has 0 spiro atoms. The molecule has 8 heteroatoms. The van der Waals surface area contributed by atoms with E-state index in [0.29, 0.717) is 14.3 Å². The molecule has 0 saturated carbocycles. The third-order valence-corrected chi connectivity index (χ3v) is 4.65. The number of nitro benzene ring substituents is 1. The van der Waals surface area contributed by atoms with Crippen LogP contribution in [0.25, 0.3) is 0 Å². The monoisotopic (exact) mass is 528 g/mol. The molecule has 0 bridgehead atoms. The average Bonchev–Trinajstić information content (AvgIpc) is 2.42. The van der Waals surface area contributed by atoms with E-state index in [4.69, 9.17) is 11.6 Å². The van der Waals surface area contributed by atoms with Crippen LogP contribution in [-0.2, 0) is 0 Å². The van der Waals surface area contributed by atoms with E-state index in [-0.39, 0.29) is 11.3 Å². The van der Waals surface area contributed by atoms with Gasteiger partial charge in [0, 0.05) is 24.3 Å². The van der Waals surface area contributed by atoms with Gasteiger partial charge >= 0.3 is 0 Å². The highest BCUT2D eigenvalue weighted by Crippen LogP contribution is 2.25. The van der Waals surface area contributed by atoms with Crippen LogP contribution in [0.4, 0.5) is 11.4 Å². The number of nitrogens with zero attached hydrogens (tertiary/aromatic N) is 1. The highest BCUT2D eigenvalue weighted by molar-refractivity contribution is 14.1. The first-order valence-electron chi connectivity index (χ1n) is 5.59. The molecular formula is C13H7ClI2N2O3. The standard InChI is InChI=1S/C13H7ClI2N2O3/c14-7-1-4-12(11(16)5-7)17-13(19)9-6-8(18(20)21)2-3-10(9)15/h1-6H,(H,17,19). The number of non-ortho nitro benzene ring substituents is 1. The lowest BCUT2D eigenvalue weighted by atomic mass is 10.2. The Morgan fingerprint density at radius 2 is 1.86 bits per heavy atom. The van der Waals surface area contributed by atoms with Gasteiger partial charge in [0.15, 0.2) is 0 Å². The van der Waals surface area contributed by atoms with Crippen LogP contribution in [0.2, 0.25) is 5.02 Å². The van der Waals surface area contributed by atoms with E-state index in [2.05, 4.69) is 27.9 Å². The molecule has 0 heterocycles. The summed E-state index contributed by atoms with van der Waals surface area (Å²) in [4.78, 5) is 22.5. The fourth-order valence-corrected chi connectivity index (χ4v) is 3.17. The Kier molecular flexibility index (Phi) is 5.38. The van der Waals surface area contributed by atoms with Crippen molar-refractivity contribution in [2.24, 2.45) is 0 Å². The largest absolute Gasteiger partial charge is 0.321 e. The number of nitrogens with one attached hydrogen (secondary N) is 1. The van der Waals surface area contributed by atoms with Crippen LogP contribution in [-0.4, -0.2) is 10.8 Å². The van der Waals surface area contributed by atoms with Crippen LogP contribution in [0.5, 0.6) is 0 Å². The topological polar surface area (TPSA) is 72.2 Å². The SMILES string of the molecule is O=C(Nc1ccc(Cl)cc1I)c1cc([N+](=O)[O-])ccc1I. The molecule has 0 aliphatic rings. The molecule has 2 rings (SSSR count). The zero-order chi connectivity index (χ0) is 15.6. The van der Waals surface area contributed by atoms with Crippen molar-refractivity contribution in [3.8, 4) is 0 Å². The molecule has 1 amide bonds. The number of nitro groups is 1. The van der Waals surface area contributed by atoms with Gasteiger partial charge in [0.2, 0.25) is 0 Å². The molecule has 108 valence electrons. The summed E-state index contributed by atoms with van der Waals surface area (Å²) in [6.07, 6.45) is 0. The minimum absolute atomic E-state index is 0.119. The quantitative estimate of drug-likeness (QED) is 0.357. The van der Waals surface area contributed by atoms with Crippen LogP contribution in [0.3, 0.4) is 0 Å². The highest BCUT2D eigenvalue weighted by Gasteiger charge is 2.16. The Morgan fingerprint density at radius 1 is 1.14 bits per heavy atom. The van der Waals surface area contributed by atoms with Crippen LogP contribution < -0.4 is 5.32 Å². The van der Waals surface area contributed by atoms with Gasteiger partial charge in [-0.15, -0.1) is 0 Å². The second kappa shape index (κ2) is 6.88. The van der Waals surface area contributed by atoms with Crippen LogP contribution >= 0.6 is 56.8 Å². The number of anilines is 1. The van der Waals surface area contributed by atoms with Crippen molar-refractivity contribution in [3.63, 3.8) is 0 Å². The minimum atomic E-state index is -0.529. The summed E-state index contributed by atoms with van der Waals surface area (Å²) in [5.41, 5.74) is 0.745. The summed E-state index contributed by atoms with van der Waals surface area (Å²) in [5, 5.41) is 14.1. The molecule has 2 aromatic rings. The first-order valence-corrected chi connectivity index (χ1v) is 8.12. The molecule has 0 fully saturated rings. The average molecular weight is 528 g/mol. The molecule has 0 radical (unpaired) electrons. The number of hydrogen-bond donors (Lipinski definition) is 1. The molecule has 21 heavy (non-hydrogen) atoms. The van der Waals surface area contributed by atoms with Gasteiger partial charge in [0.05, 0.1) is 16.2 Å². The van der Waals surface area contributed by atoms with Crippen molar-refractivity contribution >= 4 is 74.1 Å². The lowest BCUT2D eigenvalue weighted by Gasteiger charge is -2.09. The van der Waals surface area contributed by atoms with E-state index >= 15 is 0 Å². The zero-order valence-corrected chi connectivity index (χ0v) is 15.3. The van der Waals surface area contributed by atoms with Crippen molar-refractivity contribution in [3.05, 3.63) is 64.2 Å². The molecule has 0 aromatic heterocycles. The lowest BCUT2D eigenvalue weighted by molar-refractivity contribution is -0.384. The first-order chi connectivity index (χ1) is 9.88. The van der Waals surface area contributed by atoms with Crippen LogP contribution in [0.1, 0.15) is 10.4 Å². The van der Waals surface area contributed by atoms with E-state index in [1.165, 1.54) is 12.1 Å². The molecule has 0 saturated heterocycles. The number of halogens is 3. The molecule has 0 unspecified atom stereocenters. The third-order valence-electron chi connectivity index (χ3n) is 2.58. The summed E-state index contributed by atoms with van der Waals surface area (Å²) in [6.45, 7) is 0. The van der Waals surface area contributed by atoms with Gasteiger partial charge in [-0.1, -0.05) is 11.6 Å². The van der Waals surface area contributed by atoms with E-state index in [1.807, 2.05) is 22.6 Å². The predicted molar refractivity (Wildman–Crippen MR) is 97.9 cm³/mol. The fraction of sp³-hybridized carbons (Fsp3) is 0. The van der Waals surface area contributed by atoms with Crippen molar-refractivity contribution < 1.29 is 9.72 Å². The number of carbonyl (C=O) groups is 1. The van der Waals surface area contributed by atoms with E-state index < -0.39 is 10.8 Å². The van der Waals surface area contributed by atoms with Gasteiger partial charge in [-0.05, 0) is 69.4 Å². The lowest BCUT2D eigenvalue weighted by Crippen LogP contribution is -2.14. The van der Waals surface area contributed by atoms with E-state index in [0.717, 1.165) is 3.57 Å². The summed E-state index contributed by atoms with van der Waals surface area (Å²) in [7, 11) is 0. The van der Waals surface area contributed by atoms with Crippen molar-refractivity contribution in [1.29, 1.82) is 0 Å². The van der Waals surface area contributed by atoms with Gasteiger partial charge in [0.25, 0.3) is 11.6 Å². The summed E-state index contributed by atoms with van der Waals surface area (Å²) < 4.78 is 1.42. The summed E-state index contributed by atoms with van der Waals surface area (Å²) in [5.74, 6) is -0.400. The highest BCUT2D eigenvalue weighted by atomic mass is 127. The molecule has 0 atom stereocenters. The Hall–Kier alpha value is -0.940. The Morgan fingerprint density at radius 3 is 2.48 bits per heavy atom. The normalized spacial score (nSPS) is 10.2. The smallest absolute Gasteiger partial charge is 0.270 e. The van der Waals surface area contributed by atoms with E-state index in [9.17, 15) is 14.9 Å². The first kappa shape index (κ1) is 16.4. The van der Waals surface area contributed by atoms with Crippen molar-refractivity contribution in [1.82, 2.24) is 0 Å². The maximum absolute atomic E-state index is 12.3. The Labute approximate surface area is 152 Å². The zero-order valence-electron chi connectivity index (χ0n) is 10.3. The number of rotatable bonds is 3. The van der Waals surface area contributed by atoms with Crippen molar-refractivity contribution in [2.45, 2.75) is 0 Å². The predicted octanol–water partition coefficient (Wildman–Crippen LogP) is 4.71. The molecule has 0 aliphatic carbocycles. The number of carbonyl (C=O) groups excluding carboxylic acids is 1. The fourth-order valence-electron chi connectivity index (χ4n) is 1.58. The summed E-state index contributed by atoms with van der Waals surface area (Å²) in [6, 6.07) is 9.24. The second-order valence-electron chi connectivity index (χ2n) is 4.00. The van der Waals surface area contributed by atoms with Gasteiger partial charge in [-0.25, -0.2) is 0 Å². The maximum atomic E-state index is 12.3. The molecule has 1 N–H and O–H groups in total. The van der Waals surface area contributed by atoms with Crippen LogP contribution in [0, 0.1) is 17.3 Å². The summed E-state index contributed by atoms with van der Waals surface area (Å²) >= 11 is 9.88. The van der Waals surface area contributed by atoms with E-state index in [1.54, 1.807) is 24.3 Å². The molecular weight excluding hydrogens is 521 g/mol.